The Morgan fingerprint density at radius 1 is 1.09 bits per heavy atom. The summed E-state index contributed by atoms with van der Waals surface area (Å²) in [5.74, 6) is -4.76. The molecule has 0 unspecified atom stereocenters. The molecule has 0 bridgehead atoms. The van der Waals surface area contributed by atoms with E-state index in [4.69, 9.17) is 5.73 Å². The summed E-state index contributed by atoms with van der Waals surface area (Å²) in [7, 11) is 0. The summed E-state index contributed by atoms with van der Waals surface area (Å²) in [6, 6.07) is 2.01. The number of nitrogen functional groups attached to an aromatic ring is 1. The molecule has 2 aromatic rings. The molecule has 0 aliphatic heterocycles. The lowest BCUT2D eigenvalue weighted by Crippen LogP contribution is -2.17. The van der Waals surface area contributed by atoms with Crippen LogP contribution in [0, 0.1) is 12.7 Å². The highest BCUT2D eigenvalue weighted by Crippen LogP contribution is 2.33. The number of anilines is 1. The third-order valence-electron chi connectivity index (χ3n) is 2.93. The number of aromatic nitrogens is 3. The summed E-state index contributed by atoms with van der Waals surface area (Å²) >= 11 is 0. The topological polar surface area (TPSA) is 56.7 Å². The van der Waals surface area contributed by atoms with Gasteiger partial charge in [0.25, 0.3) is 5.82 Å². The Bertz CT molecular complexity index is 730. The van der Waals surface area contributed by atoms with Crippen molar-refractivity contribution < 1.29 is 30.7 Å². The van der Waals surface area contributed by atoms with Crippen LogP contribution < -0.4 is 5.73 Å². The molecule has 0 saturated carbocycles. The van der Waals surface area contributed by atoms with Crippen LogP contribution in [-0.4, -0.2) is 14.8 Å². The lowest BCUT2D eigenvalue weighted by atomic mass is 10.1. The van der Waals surface area contributed by atoms with E-state index in [0.29, 0.717) is 5.56 Å². The molecule has 0 aliphatic rings. The Morgan fingerprint density at radius 3 is 2.22 bits per heavy atom. The van der Waals surface area contributed by atoms with Gasteiger partial charge >= 0.3 is 12.4 Å². The largest absolute Gasteiger partial charge is 0.453 e. The first-order valence-corrected chi connectivity index (χ1v) is 6.03. The quantitative estimate of drug-likeness (QED) is 0.672. The molecule has 0 atom stereocenters. The maximum Gasteiger partial charge on any atom is 0.453 e. The highest BCUT2D eigenvalue weighted by molar-refractivity contribution is 5.48. The summed E-state index contributed by atoms with van der Waals surface area (Å²) in [4.78, 5) is 2.47. The fourth-order valence-corrected chi connectivity index (χ4v) is 1.82. The van der Waals surface area contributed by atoms with Crippen LogP contribution in [0.1, 0.15) is 22.8 Å². The predicted octanol–water partition coefficient (Wildman–Crippen LogP) is 3.39. The van der Waals surface area contributed by atoms with Crippen LogP contribution in [0.2, 0.25) is 0 Å². The first-order valence-electron chi connectivity index (χ1n) is 6.03. The standard InChI is InChI=1S/C12H9F7N4/c1-5-2-6(7(13)3-8(5)20)4-23-10(12(17,18)19)21-9(22-23)11(14,15)16/h2-3H,4,20H2,1H3. The number of nitrogens with zero attached hydrogens (tertiary/aromatic N) is 3. The van der Waals surface area contributed by atoms with E-state index in [1.165, 1.54) is 6.92 Å². The van der Waals surface area contributed by atoms with E-state index >= 15 is 0 Å². The fourth-order valence-electron chi connectivity index (χ4n) is 1.82. The Labute approximate surface area is 124 Å². The van der Waals surface area contributed by atoms with Gasteiger partial charge in [0.15, 0.2) is 0 Å². The lowest BCUT2D eigenvalue weighted by molar-refractivity contribution is -0.150. The number of hydrogen-bond acceptors (Lipinski definition) is 3. The van der Waals surface area contributed by atoms with Gasteiger partial charge in [-0.2, -0.15) is 31.3 Å². The maximum atomic E-state index is 13.7. The minimum atomic E-state index is -5.17. The normalized spacial score (nSPS) is 12.7. The SMILES string of the molecule is Cc1cc(Cn2nc(C(F)(F)F)nc2C(F)(F)F)c(F)cc1N. The van der Waals surface area contributed by atoms with Crippen LogP contribution in [0.5, 0.6) is 0 Å². The molecule has 126 valence electrons. The van der Waals surface area contributed by atoms with Crippen molar-refractivity contribution in [2.45, 2.75) is 25.8 Å². The number of alkyl halides is 6. The third-order valence-corrected chi connectivity index (χ3v) is 2.93. The van der Waals surface area contributed by atoms with Crippen molar-refractivity contribution in [3.8, 4) is 0 Å². The van der Waals surface area contributed by atoms with Gasteiger partial charge in [-0.05, 0) is 24.6 Å². The maximum absolute atomic E-state index is 13.7. The molecule has 0 aliphatic carbocycles. The Balaban J connectivity index is 2.51. The zero-order valence-corrected chi connectivity index (χ0v) is 11.4. The lowest BCUT2D eigenvalue weighted by Gasteiger charge is -2.10. The van der Waals surface area contributed by atoms with Gasteiger partial charge in [0.05, 0.1) is 6.54 Å². The van der Waals surface area contributed by atoms with Crippen LogP contribution in [0.15, 0.2) is 12.1 Å². The van der Waals surface area contributed by atoms with E-state index in [2.05, 4.69) is 10.1 Å². The molecule has 2 rings (SSSR count). The van der Waals surface area contributed by atoms with Gasteiger partial charge in [-0.25, -0.2) is 9.07 Å². The van der Waals surface area contributed by atoms with Gasteiger partial charge in [-0.15, -0.1) is 5.10 Å². The molecule has 0 fully saturated rings. The zero-order chi connectivity index (χ0) is 17.6. The molecular formula is C12H9F7N4. The molecule has 0 radical (unpaired) electrons. The molecule has 11 heteroatoms. The monoisotopic (exact) mass is 342 g/mol. The summed E-state index contributed by atoms with van der Waals surface area (Å²) in [5.41, 5.74) is 5.58. The number of benzene rings is 1. The summed E-state index contributed by atoms with van der Waals surface area (Å²) in [6.07, 6.45) is -10.3. The van der Waals surface area contributed by atoms with Crippen molar-refractivity contribution in [2.24, 2.45) is 0 Å². The van der Waals surface area contributed by atoms with E-state index in [-0.39, 0.29) is 15.9 Å². The molecule has 1 aromatic heterocycles. The fraction of sp³-hybridized carbons (Fsp3) is 0.333. The van der Waals surface area contributed by atoms with Gasteiger partial charge < -0.3 is 5.73 Å². The molecule has 4 nitrogen and oxygen atoms in total. The number of nitrogens with two attached hydrogens (primary N) is 1. The number of aryl methyl sites for hydroxylation is 1. The summed E-state index contributed by atoms with van der Waals surface area (Å²) in [5, 5.41) is 2.80. The van der Waals surface area contributed by atoms with Crippen molar-refractivity contribution in [3.05, 3.63) is 40.7 Å². The zero-order valence-electron chi connectivity index (χ0n) is 11.4. The van der Waals surface area contributed by atoms with Crippen molar-refractivity contribution in [3.63, 3.8) is 0 Å². The average Bonchev–Trinajstić information content (AvgIpc) is 2.79. The number of rotatable bonds is 2. The summed E-state index contributed by atoms with van der Waals surface area (Å²) < 4.78 is 89.6. The smallest absolute Gasteiger partial charge is 0.398 e. The van der Waals surface area contributed by atoms with Crippen LogP contribution in [0.4, 0.5) is 36.4 Å². The summed E-state index contributed by atoms with van der Waals surface area (Å²) in [6.45, 7) is 0.607. The number of hydrogen-bond donors (Lipinski definition) is 1. The molecule has 0 amide bonds. The molecule has 0 spiro atoms. The second-order valence-electron chi connectivity index (χ2n) is 4.71. The molecule has 1 heterocycles. The highest BCUT2D eigenvalue weighted by atomic mass is 19.4. The average molecular weight is 342 g/mol. The molecule has 23 heavy (non-hydrogen) atoms. The highest BCUT2D eigenvalue weighted by Gasteiger charge is 2.44. The Hall–Kier alpha value is -2.33. The van der Waals surface area contributed by atoms with Crippen LogP contribution >= 0.6 is 0 Å². The second-order valence-corrected chi connectivity index (χ2v) is 4.71. The predicted molar refractivity (Wildman–Crippen MR) is 64.7 cm³/mol. The molecular weight excluding hydrogens is 333 g/mol. The molecule has 1 aromatic carbocycles. The first kappa shape index (κ1) is 17.0. The first-order chi connectivity index (χ1) is 10.4. The second kappa shape index (κ2) is 5.39. The van der Waals surface area contributed by atoms with E-state index in [1.807, 2.05) is 0 Å². The third kappa shape index (κ3) is 3.54. The van der Waals surface area contributed by atoms with Crippen LogP contribution in [0.25, 0.3) is 0 Å². The van der Waals surface area contributed by atoms with E-state index in [0.717, 1.165) is 12.1 Å². The molecule has 2 N–H and O–H groups in total. The van der Waals surface area contributed by atoms with Crippen LogP contribution in [-0.2, 0) is 18.9 Å². The van der Waals surface area contributed by atoms with Crippen molar-refractivity contribution >= 4 is 5.69 Å². The van der Waals surface area contributed by atoms with Gasteiger partial charge in [0, 0.05) is 11.3 Å². The van der Waals surface area contributed by atoms with E-state index < -0.39 is 36.4 Å². The van der Waals surface area contributed by atoms with Crippen molar-refractivity contribution in [1.29, 1.82) is 0 Å². The van der Waals surface area contributed by atoms with Gasteiger partial charge in [0.2, 0.25) is 5.82 Å². The van der Waals surface area contributed by atoms with Gasteiger partial charge in [0.1, 0.15) is 5.82 Å². The minimum absolute atomic E-state index is 0.0309. The Kier molecular flexibility index (Phi) is 3.99. The minimum Gasteiger partial charge on any atom is -0.398 e. The molecule has 0 saturated heterocycles. The van der Waals surface area contributed by atoms with E-state index in [1.54, 1.807) is 0 Å². The van der Waals surface area contributed by atoms with Gasteiger partial charge in [-0.3, -0.25) is 0 Å². The van der Waals surface area contributed by atoms with Crippen molar-refractivity contribution in [2.75, 3.05) is 5.73 Å². The Morgan fingerprint density at radius 2 is 1.70 bits per heavy atom. The number of halogens is 7. The van der Waals surface area contributed by atoms with Gasteiger partial charge in [-0.1, -0.05) is 0 Å². The van der Waals surface area contributed by atoms with Crippen molar-refractivity contribution in [1.82, 2.24) is 14.8 Å². The van der Waals surface area contributed by atoms with E-state index in [9.17, 15) is 30.7 Å². The van der Waals surface area contributed by atoms with Crippen LogP contribution in [0.3, 0.4) is 0 Å².